The summed E-state index contributed by atoms with van der Waals surface area (Å²) in [5.41, 5.74) is 0. The van der Waals surface area contributed by atoms with E-state index in [9.17, 15) is 0 Å². The van der Waals surface area contributed by atoms with Gasteiger partial charge >= 0.3 is 0 Å². The van der Waals surface area contributed by atoms with Crippen molar-refractivity contribution in [2.45, 2.75) is 64.6 Å². The van der Waals surface area contributed by atoms with Crippen LogP contribution in [-0.2, 0) is 4.12 Å². The Morgan fingerprint density at radius 1 is 1.00 bits per heavy atom. The van der Waals surface area contributed by atoms with E-state index < -0.39 is 9.04 Å². The highest BCUT2D eigenvalue weighted by atomic mass is 29.2. The summed E-state index contributed by atoms with van der Waals surface area (Å²) in [6.07, 6.45) is 8.52. The molecule has 0 rings (SSSR count). The lowest BCUT2D eigenvalue weighted by molar-refractivity contribution is 0.622. The van der Waals surface area contributed by atoms with E-state index in [-0.39, 0.29) is 0 Å². The average molecular weight is 244 g/mol. The Kier molecular flexibility index (Phi) is 12.2. The van der Waals surface area contributed by atoms with Crippen LogP contribution in [0.4, 0.5) is 0 Å². The first-order chi connectivity index (χ1) is 6.77. The van der Waals surface area contributed by atoms with Crippen LogP contribution in [0.2, 0.25) is 19.1 Å². The van der Waals surface area contributed by atoms with E-state index in [0.717, 1.165) is 18.3 Å². The molecule has 0 unspecified atom stereocenters. The minimum atomic E-state index is -0.420. The zero-order chi connectivity index (χ0) is 10.6. The predicted octanol–water partition coefficient (Wildman–Crippen LogP) is 3.27. The quantitative estimate of drug-likeness (QED) is 0.423. The zero-order valence-electron chi connectivity index (χ0n) is 9.86. The fraction of sp³-hybridized carbons (Fsp3) is 1.00. The molecule has 0 heterocycles. The van der Waals surface area contributed by atoms with Crippen molar-refractivity contribution in [3.8, 4) is 0 Å². The summed E-state index contributed by atoms with van der Waals surface area (Å²) in [4.78, 5) is 0. The lowest BCUT2D eigenvalue weighted by Gasteiger charge is -2.03. The second kappa shape index (κ2) is 11.7. The Morgan fingerprint density at radius 3 is 2.29 bits per heavy atom. The molecular weight excluding hydrogens is 220 g/mol. The first-order valence-electron chi connectivity index (χ1n) is 5.72. The molecule has 0 fully saturated rings. The highest BCUT2D eigenvalue weighted by molar-refractivity contribution is 6.99. The van der Waals surface area contributed by atoms with Crippen molar-refractivity contribution in [1.29, 1.82) is 0 Å². The zero-order valence-corrected chi connectivity index (χ0v) is 12.9. The summed E-state index contributed by atoms with van der Waals surface area (Å²) in [6.45, 7) is 6.70. The Bertz CT molecular complexity index is 110. The maximum Gasteiger partial charge on any atom is 0.190 e. The van der Waals surface area contributed by atoms with Gasteiger partial charge in [-0.2, -0.15) is 0 Å². The van der Waals surface area contributed by atoms with Gasteiger partial charge in [0.05, 0.1) is 9.04 Å². The summed E-state index contributed by atoms with van der Waals surface area (Å²) in [7, 11) is 1.45. The molecule has 0 N–H and O–H groups in total. The monoisotopic (exact) mass is 243 g/mol. The third kappa shape index (κ3) is 12.6. The van der Waals surface area contributed by atoms with Crippen LogP contribution in [0.3, 0.4) is 0 Å². The van der Waals surface area contributed by atoms with Gasteiger partial charge in [0.25, 0.3) is 0 Å². The molecule has 1 nitrogen and oxygen atoms in total. The highest BCUT2D eigenvalue weighted by Crippen LogP contribution is 2.06. The summed E-state index contributed by atoms with van der Waals surface area (Å²) in [5, 5.41) is 0. The van der Waals surface area contributed by atoms with Crippen molar-refractivity contribution >= 4 is 27.4 Å². The van der Waals surface area contributed by atoms with Crippen LogP contribution >= 0.6 is 0 Å². The molecule has 0 atom stereocenters. The molecule has 0 aromatic heterocycles. The van der Waals surface area contributed by atoms with Crippen molar-refractivity contribution < 1.29 is 4.12 Å². The number of rotatable bonds is 10. The molecule has 0 saturated heterocycles. The predicted molar refractivity (Wildman–Crippen MR) is 68.3 cm³/mol. The summed E-state index contributed by atoms with van der Waals surface area (Å²) < 4.78 is 5.63. The minimum Gasteiger partial charge on any atom is -0.459 e. The molecule has 81 valence electrons. The van der Waals surface area contributed by atoms with Gasteiger partial charge in [0, 0.05) is 0 Å². The molecule has 4 heteroatoms. The van der Waals surface area contributed by atoms with Crippen LogP contribution in [-0.4, -0.2) is 27.4 Å². The van der Waals surface area contributed by atoms with Crippen LogP contribution < -0.4 is 0 Å². The van der Waals surface area contributed by atoms with E-state index in [2.05, 4.69) is 20.0 Å². The fourth-order valence-electron chi connectivity index (χ4n) is 1.18. The molecule has 0 aromatic rings. The second-order valence-electron chi connectivity index (χ2n) is 3.81. The van der Waals surface area contributed by atoms with E-state index in [1.165, 1.54) is 44.6 Å². The van der Waals surface area contributed by atoms with Crippen molar-refractivity contribution in [2.24, 2.45) is 0 Å². The summed E-state index contributed by atoms with van der Waals surface area (Å²) >= 11 is 0. The van der Waals surface area contributed by atoms with Gasteiger partial charge in [-0.15, -0.1) is 0 Å². The van der Waals surface area contributed by atoms with E-state index in [1.807, 2.05) is 0 Å². The molecule has 0 saturated carbocycles. The van der Waals surface area contributed by atoms with Crippen LogP contribution in [0.15, 0.2) is 0 Å². The third-order valence-electron chi connectivity index (χ3n) is 1.98. The van der Waals surface area contributed by atoms with Gasteiger partial charge in [0.2, 0.25) is 0 Å². The van der Waals surface area contributed by atoms with Crippen LogP contribution in [0.25, 0.3) is 0 Å². The van der Waals surface area contributed by atoms with E-state index in [0.29, 0.717) is 0 Å². The van der Waals surface area contributed by atoms with Gasteiger partial charge in [-0.1, -0.05) is 51.5 Å². The molecule has 0 aromatic carbocycles. The SMILES string of the molecule is CCCCCCCC[Si][Si]O[Si](C)C. The van der Waals surface area contributed by atoms with Gasteiger partial charge in [-0.25, -0.2) is 0 Å². The maximum atomic E-state index is 5.63. The topological polar surface area (TPSA) is 9.23 Å². The average Bonchev–Trinajstić information content (AvgIpc) is 2.15. The van der Waals surface area contributed by atoms with Gasteiger partial charge in [-0.05, 0) is 13.1 Å². The summed E-state index contributed by atoms with van der Waals surface area (Å²) in [5.74, 6) is 0. The van der Waals surface area contributed by atoms with Crippen LogP contribution in [0, 0.1) is 0 Å². The Morgan fingerprint density at radius 2 is 1.64 bits per heavy atom. The molecular formula is C10H23OSi3. The molecule has 0 spiro atoms. The smallest absolute Gasteiger partial charge is 0.190 e. The van der Waals surface area contributed by atoms with Gasteiger partial charge < -0.3 is 4.12 Å². The normalized spacial score (nSPS) is 11.1. The molecule has 5 radical (unpaired) electrons. The first kappa shape index (κ1) is 14.6. The van der Waals surface area contributed by atoms with Crippen LogP contribution in [0.5, 0.6) is 0 Å². The Hall–Kier alpha value is 0.611. The molecule has 0 aliphatic rings. The maximum absolute atomic E-state index is 5.63. The third-order valence-corrected chi connectivity index (χ3v) is 6.87. The van der Waals surface area contributed by atoms with Crippen molar-refractivity contribution in [3.63, 3.8) is 0 Å². The standard InChI is InChI=1S/C10H23OSi3/c1-4-5-6-7-8-9-10-12-13-11-14(2)3/h4-10H2,1-3H3. The molecule has 0 amide bonds. The molecule has 0 aliphatic heterocycles. The molecule has 0 bridgehead atoms. The number of hydrogen-bond acceptors (Lipinski definition) is 1. The van der Waals surface area contributed by atoms with Crippen molar-refractivity contribution in [2.75, 3.05) is 0 Å². The first-order valence-corrected chi connectivity index (χ1v) is 11.2. The lowest BCUT2D eigenvalue weighted by atomic mass is 10.1. The lowest BCUT2D eigenvalue weighted by Crippen LogP contribution is -2.16. The highest BCUT2D eigenvalue weighted by Gasteiger charge is 1.98. The Balaban J connectivity index is 2.85. The van der Waals surface area contributed by atoms with Gasteiger partial charge in [0.1, 0.15) is 0 Å². The van der Waals surface area contributed by atoms with Gasteiger partial charge in [-0.3, -0.25) is 0 Å². The van der Waals surface area contributed by atoms with E-state index in [4.69, 9.17) is 4.12 Å². The number of hydrogen-bond donors (Lipinski definition) is 0. The Labute approximate surface area is 96.3 Å². The molecule has 0 aliphatic carbocycles. The van der Waals surface area contributed by atoms with Gasteiger partial charge in [0.15, 0.2) is 18.3 Å². The van der Waals surface area contributed by atoms with Crippen LogP contribution in [0.1, 0.15) is 45.4 Å². The van der Waals surface area contributed by atoms with E-state index >= 15 is 0 Å². The van der Waals surface area contributed by atoms with E-state index in [1.54, 1.807) is 0 Å². The minimum absolute atomic E-state index is 0.420. The fourth-order valence-corrected chi connectivity index (χ4v) is 6.14. The molecule has 14 heavy (non-hydrogen) atoms. The second-order valence-corrected chi connectivity index (χ2v) is 9.17. The van der Waals surface area contributed by atoms with Crippen molar-refractivity contribution in [3.05, 3.63) is 0 Å². The largest absolute Gasteiger partial charge is 0.459 e. The number of unbranched alkanes of at least 4 members (excludes halogenated alkanes) is 5. The van der Waals surface area contributed by atoms with Crippen molar-refractivity contribution in [1.82, 2.24) is 0 Å². The summed E-state index contributed by atoms with van der Waals surface area (Å²) in [6, 6.07) is 1.40.